The predicted octanol–water partition coefficient (Wildman–Crippen LogP) is 1.61. The summed E-state index contributed by atoms with van der Waals surface area (Å²) in [6, 6.07) is 0. The lowest BCUT2D eigenvalue weighted by atomic mass is 10.4. The fraction of sp³-hybridized carbons (Fsp3) is 0.857. The average Bonchev–Trinajstić information content (AvgIpc) is 1.98. The molecule has 3 heteroatoms. The fourth-order valence-electron chi connectivity index (χ4n) is 0.471. The molecule has 0 unspecified atom stereocenters. The van der Waals surface area contributed by atoms with Crippen LogP contribution in [0.3, 0.4) is 0 Å². The highest BCUT2D eigenvalue weighted by Crippen LogP contribution is 1.88. The van der Waals surface area contributed by atoms with Crippen LogP contribution in [0.1, 0.15) is 19.8 Å². The zero-order valence-corrected chi connectivity index (χ0v) is 6.99. The van der Waals surface area contributed by atoms with Crippen LogP contribution >= 0.6 is 11.6 Å². The Morgan fingerprint density at radius 1 is 1.60 bits per heavy atom. The van der Waals surface area contributed by atoms with E-state index in [0.29, 0.717) is 6.61 Å². The topological polar surface area (TPSA) is 26.3 Å². The number of ketones is 1. The Kier molecular flexibility index (Phi) is 6.98. The van der Waals surface area contributed by atoms with Crippen LogP contribution in [0, 0.1) is 0 Å². The van der Waals surface area contributed by atoms with Gasteiger partial charge >= 0.3 is 0 Å². The molecule has 0 aliphatic heterocycles. The summed E-state index contributed by atoms with van der Waals surface area (Å²) < 4.78 is 4.99. The number of hydrogen-bond donors (Lipinski definition) is 0. The lowest BCUT2D eigenvalue weighted by Crippen LogP contribution is -2.10. The number of ether oxygens (including phenoxy) is 1. The summed E-state index contributed by atoms with van der Waals surface area (Å²) in [5.74, 6) is 0.0179. The van der Waals surface area contributed by atoms with Gasteiger partial charge in [0.15, 0.2) is 5.78 Å². The minimum absolute atomic E-state index is 0.0437. The molecule has 0 atom stereocenters. The summed E-state index contributed by atoms with van der Waals surface area (Å²) in [5, 5.41) is 0. The monoisotopic (exact) mass is 164 g/mol. The van der Waals surface area contributed by atoms with E-state index in [-0.39, 0.29) is 18.3 Å². The van der Waals surface area contributed by atoms with E-state index in [4.69, 9.17) is 16.3 Å². The van der Waals surface area contributed by atoms with Crippen LogP contribution in [-0.2, 0) is 9.53 Å². The zero-order chi connectivity index (χ0) is 7.82. The maximum Gasteiger partial charge on any atom is 0.173 e. The van der Waals surface area contributed by atoms with Crippen LogP contribution in [0.4, 0.5) is 0 Å². The number of rotatable bonds is 6. The van der Waals surface area contributed by atoms with E-state index in [2.05, 4.69) is 6.92 Å². The first-order valence-electron chi connectivity index (χ1n) is 3.46. The minimum atomic E-state index is -0.0437. The Bertz CT molecular complexity index is 93.6. The SMILES string of the molecule is CCCCOCC(=O)CCl. The van der Waals surface area contributed by atoms with Crippen LogP contribution in [0.2, 0.25) is 0 Å². The highest BCUT2D eigenvalue weighted by molar-refractivity contribution is 6.27. The lowest BCUT2D eigenvalue weighted by Gasteiger charge is -1.98. The molecular formula is C7H13ClO2. The number of hydrogen-bond acceptors (Lipinski definition) is 2. The summed E-state index contributed by atoms with van der Waals surface area (Å²) in [7, 11) is 0. The van der Waals surface area contributed by atoms with Gasteiger partial charge in [-0.2, -0.15) is 0 Å². The van der Waals surface area contributed by atoms with E-state index in [1.807, 2.05) is 0 Å². The first kappa shape index (κ1) is 9.92. The molecule has 10 heavy (non-hydrogen) atoms. The van der Waals surface area contributed by atoms with E-state index >= 15 is 0 Å². The second kappa shape index (κ2) is 7.03. The molecule has 0 aromatic rings. The van der Waals surface area contributed by atoms with Crippen molar-refractivity contribution in [2.24, 2.45) is 0 Å². The molecule has 0 saturated heterocycles. The second-order valence-corrected chi connectivity index (χ2v) is 2.35. The summed E-state index contributed by atoms with van der Waals surface area (Å²) in [6.07, 6.45) is 2.10. The Labute approximate surface area is 66.5 Å². The Balaban J connectivity index is 2.96. The molecule has 0 fully saturated rings. The quantitative estimate of drug-likeness (QED) is 0.441. The van der Waals surface area contributed by atoms with Crippen LogP contribution in [0.25, 0.3) is 0 Å². The van der Waals surface area contributed by atoms with Gasteiger partial charge < -0.3 is 4.74 Å². The number of Topliss-reactive ketones (excluding diaryl/α,β-unsaturated/α-hetero) is 1. The maximum atomic E-state index is 10.5. The van der Waals surface area contributed by atoms with Crippen LogP contribution in [-0.4, -0.2) is 24.9 Å². The molecule has 0 spiro atoms. The normalized spacial score (nSPS) is 9.80. The van der Waals surface area contributed by atoms with Gasteiger partial charge in [0, 0.05) is 6.61 Å². The van der Waals surface area contributed by atoms with Crippen molar-refractivity contribution in [2.75, 3.05) is 19.1 Å². The zero-order valence-electron chi connectivity index (χ0n) is 6.23. The number of halogens is 1. The standard InChI is InChI=1S/C7H13ClO2/c1-2-3-4-10-6-7(9)5-8/h2-6H2,1H3. The molecule has 0 aromatic carbocycles. The first-order valence-corrected chi connectivity index (χ1v) is 4.00. The summed E-state index contributed by atoms with van der Waals surface area (Å²) in [4.78, 5) is 10.5. The molecule has 0 aliphatic carbocycles. The van der Waals surface area contributed by atoms with Gasteiger partial charge in [-0.05, 0) is 6.42 Å². The largest absolute Gasteiger partial charge is 0.374 e. The van der Waals surface area contributed by atoms with Crippen LogP contribution in [0.5, 0.6) is 0 Å². The molecule has 0 N–H and O–H groups in total. The highest BCUT2D eigenvalue weighted by atomic mass is 35.5. The minimum Gasteiger partial charge on any atom is -0.374 e. The van der Waals surface area contributed by atoms with Crippen molar-refractivity contribution < 1.29 is 9.53 Å². The van der Waals surface area contributed by atoms with E-state index in [1.54, 1.807) is 0 Å². The van der Waals surface area contributed by atoms with Crippen molar-refractivity contribution >= 4 is 17.4 Å². The Hall–Kier alpha value is -0.0800. The molecule has 0 aromatic heterocycles. The maximum absolute atomic E-state index is 10.5. The molecule has 0 heterocycles. The van der Waals surface area contributed by atoms with E-state index < -0.39 is 0 Å². The van der Waals surface area contributed by atoms with Gasteiger partial charge in [0.05, 0.1) is 5.88 Å². The van der Waals surface area contributed by atoms with Gasteiger partial charge in [0.2, 0.25) is 0 Å². The highest BCUT2D eigenvalue weighted by Gasteiger charge is 1.97. The van der Waals surface area contributed by atoms with Crippen molar-refractivity contribution in [3.63, 3.8) is 0 Å². The summed E-state index contributed by atoms with van der Waals surface area (Å²) >= 11 is 5.24. The predicted molar refractivity (Wildman–Crippen MR) is 41.5 cm³/mol. The molecule has 0 amide bonds. The molecule has 0 aliphatic rings. The van der Waals surface area contributed by atoms with Gasteiger partial charge in [-0.1, -0.05) is 13.3 Å². The van der Waals surface area contributed by atoms with Crippen molar-refractivity contribution in [3.05, 3.63) is 0 Å². The third-order valence-corrected chi connectivity index (χ3v) is 1.35. The molecule has 0 rings (SSSR count). The smallest absolute Gasteiger partial charge is 0.173 e. The van der Waals surface area contributed by atoms with Crippen molar-refractivity contribution in [1.29, 1.82) is 0 Å². The Morgan fingerprint density at radius 2 is 2.30 bits per heavy atom. The summed E-state index contributed by atoms with van der Waals surface area (Å²) in [6.45, 7) is 2.91. The molecule has 0 bridgehead atoms. The molecule has 0 radical (unpaired) electrons. The van der Waals surface area contributed by atoms with Crippen molar-refractivity contribution in [1.82, 2.24) is 0 Å². The lowest BCUT2D eigenvalue weighted by molar-refractivity contribution is -0.121. The van der Waals surface area contributed by atoms with Crippen LogP contribution in [0.15, 0.2) is 0 Å². The fourth-order valence-corrected chi connectivity index (χ4v) is 0.548. The van der Waals surface area contributed by atoms with Crippen molar-refractivity contribution in [3.8, 4) is 0 Å². The van der Waals surface area contributed by atoms with Gasteiger partial charge in [0.1, 0.15) is 6.61 Å². The van der Waals surface area contributed by atoms with E-state index in [1.165, 1.54) is 0 Å². The third kappa shape index (κ3) is 6.05. The first-order chi connectivity index (χ1) is 4.81. The molecule has 2 nitrogen and oxygen atoms in total. The number of alkyl halides is 1. The number of unbranched alkanes of at least 4 members (excludes halogenated alkanes) is 1. The van der Waals surface area contributed by atoms with Crippen LogP contribution < -0.4 is 0 Å². The van der Waals surface area contributed by atoms with Gasteiger partial charge in [-0.3, -0.25) is 4.79 Å². The van der Waals surface area contributed by atoms with Gasteiger partial charge in [-0.15, -0.1) is 11.6 Å². The van der Waals surface area contributed by atoms with Gasteiger partial charge in [0.25, 0.3) is 0 Å². The van der Waals surface area contributed by atoms with E-state index in [9.17, 15) is 4.79 Å². The third-order valence-electron chi connectivity index (χ3n) is 1.05. The van der Waals surface area contributed by atoms with Gasteiger partial charge in [-0.25, -0.2) is 0 Å². The average molecular weight is 165 g/mol. The number of carbonyl (C=O) groups is 1. The molecule has 0 saturated carbocycles. The molecule has 60 valence electrons. The molecular weight excluding hydrogens is 152 g/mol. The van der Waals surface area contributed by atoms with Crippen molar-refractivity contribution in [2.45, 2.75) is 19.8 Å². The second-order valence-electron chi connectivity index (χ2n) is 2.08. The Morgan fingerprint density at radius 3 is 2.80 bits per heavy atom. The van der Waals surface area contributed by atoms with E-state index in [0.717, 1.165) is 12.8 Å². The number of carbonyl (C=O) groups excluding carboxylic acids is 1. The summed E-state index contributed by atoms with van der Waals surface area (Å²) in [5.41, 5.74) is 0.